The number of carbonyl (C=O) groups is 2. The lowest BCUT2D eigenvalue weighted by molar-refractivity contribution is -0.133. The Balaban J connectivity index is 1.98. The van der Waals surface area contributed by atoms with E-state index in [1.807, 2.05) is 0 Å². The second-order valence-corrected chi connectivity index (χ2v) is 4.26. The molecule has 0 unspecified atom stereocenters. The summed E-state index contributed by atoms with van der Waals surface area (Å²) in [7, 11) is 0. The zero-order valence-corrected chi connectivity index (χ0v) is 10.00. The van der Waals surface area contributed by atoms with Gasteiger partial charge in [-0.3, -0.25) is 14.7 Å². The molecule has 1 aromatic heterocycles. The van der Waals surface area contributed by atoms with Gasteiger partial charge in [0.1, 0.15) is 12.2 Å². The molecule has 0 fully saturated rings. The van der Waals surface area contributed by atoms with Gasteiger partial charge in [-0.2, -0.15) is 5.10 Å². The molecule has 8 heteroatoms. The Hall–Kier alpha value is -1.57. The molecule has 17 heavy (non-hydrogen) atoms. The highest BCUT2D eigenvalue weighted by Gasteiger charge is 2.03. The fourth-order valence-electron chi connectivity index (χ4n) is 1.12. The van der Waals surface area contributed by atoms with E-state index in [1.54, 1.807) is 0 Å². The van der Waals surface area contributed by atoms with E-state index < -0.39 is 5.97 Å². The Morgan fingerprint density at radius 3 is 2.94 bits per heavy atom. The van der Waals surface area contributed by atoms with Crippen LogP contribution in [0.25, 0.3) is 0 Å². The molecule has 0 aliphatic heterocycles. The minimum absolute atomic E-state index is 0.0501. The molecule has 1 amide bonds. The maximum Gasteiger partial charge on any atom is 0.313 e. The highest BCUT2D eigenvalue weighted by Crippen LogP contribution is 1.98. The van der Waals surface area contributed by atoms with Crippen molar-refractivity contribution in [2.45, 2.75) is 12.8 Å². The van der Waals surface area contributed by atoms with Crippen LogP contribution in [0.15, 0.2) is 6.33 Å². The van der Waals surface area contributed by atoms with E-state index in [0.717, 1.165) is 30.4 Å². The van der Waals surface area contributed by atoms with Gasteiger partial charge in [-0.25, -0.2) is 4.98 Å². The van der Waals surface area contributed by atoms with E-state index in [2.05, 4.69) is 20.5 Å². The van der Waals surface area contributed by atoms with Crippen LogP contribution in [-0.4, -0.2) is 50.2 Å². The van der Waals surface area contributed by atoms with Gasteiger partial charge in [-0.15, -0.1) is 11.8 Å². The van der Waals surface area contributed by atoms with Gasteiger partial charge in [-0.05, 0) is 6.42 Å². The summed E-state index contributed by atoms with van der Waals surface area (Å²) in [5.74, 6) is -0.137. The first-order chi connectivity index (χ1) is 8.18. The van der Waals surface area contributed by atoms with Crippen molar-refractivity contribution in [2.24, 2.45) is 0 Å². The third-order valence-corrected chi connectivity index (χ3v) is 2.75. The lowest BCUT2D eigenvalue weighted by atomic mass is 10.3. The summed E-state index contributed by atoms with van der Waals surface area (Å²) >= 11 is 1.09. The molecule has 94 valence electrons. The summed E-state index contributed by atoms with van der Waals surface area (Å²) in [6.07, 6.45) is 2.93. The van der Waals surface area contributed by atoms with Crippen molar-refractivity contribution in [3.63, 3.8) is 0 Å². The van der Waals surface area contributed by atoms with Crippen LogP contribution < -0.4 is 5.32 Å². The smallest absolute Gasteiger partial charge is 0.313 e. The monoisotopic (exact) mass is 258 g/mol. The molecule has 0 aliphatic rings. The number of nitrogens with zero attached hydrogens (tertiary/aromatic N) is 2. The molecule has 3 N–H and O–H groups in total. The van der Waals surface area contributed by atoms with E-state index in [4.69, 9.17) is 5.11 Å². The Morgan fingerprint density at radius 1 is 1.47 bits per heavy atom. The van der Waals surface area contributed by atoms with E-state index >= 15 is 0 Å². The number of carboxylic acids is 1. The lowest BCUT2D eigenvalue weighted by Crippen LogP contribution is -2.27. The van der Waals surface area contributed by atoms with Crippen molar-refractivity contribution in [3.8, 4) is 0 Å². The highest BCUT2D eigenvalue weighted by molar-refractivity contribution is 8.00. The Morgan fingerprint density at radius 2 is 2.29 bits per heavy atom. The summed E-state index contributed by atoms with van der Waals surface area (Å²) in [5, 5.41) is 17.5. The summed E-state index contributed by atoms with van der Waals surface area (Å²) in [6.45, 7) is 0.549. The molecule has 7 nitrogen and oxygen atoms in total. The van der Waals surface area contributed by atoms with Crippen molar-refractivity contribution in [3.05, 3.63) is 12.2 Å². The van der Waals surface area contributed by atoms with Gasteiger partial charge in [0.05, 0.1) is 11.5 Å². The molecule has 0 aliphatic carbocycles. The standard InChI is InChI=1S/C9H14N4O3S/c14-8(4-17-5-9(15)16)10-3-1-2-7-11-6-12-13-7/h6H,1-5H2,(H,10,14)(H,15,16)(H,11,12,13). The minimum Gasteiger partial charge on any atom is -0.481 e. The van der Waals surface area contributed by atoms with Crippen LogP contribution in [-0.2, 0) is 16.0 Å². The second kappa shape index (κ2) is 7.66. The maximum absolute atomic E-state index is 11.2. The molecule has 1 aromatic rings. The van der Waals surface area contributed by atoms with E-state index in [1.165, 1.54) is 6.33 Å². The van der Waals surface area contributed by atoms with Crippen molar-refractivity contribution in [1.82, 2.24) is 20.5 Å². The number of nitrogens with one attached hydrogen (secondary N) is 2. The van der Waals surface area contributed by atoms with E-state index in [9.17, 15) is 9.59 Å². The topological polar surface area (TPSA) is 108 Å². The summed E-state index contributed by atoms with van der Waals surface area (Å²) < 4.78 is 0. The van der Waals surface area contributed by atoms with Crippen molar-refractivity contribution in [1.29, 1.82) is 0 Å². The number of amides is 1. The summed E-state index contributed by atoms with van der Waals surface area (Å²) in [4.78, 5) is 25.4. The van der Waals surface area contributed by atoms with E-state index in [0.29, 0.717) is 6.54 Å². The minimum atomic E-state index is -0.909. The van der Waals surface area contributed by atoms with Crippen LogP contribution >= 0.6 is 11.8 Å². The molecule has 1 heterocycles. The van der Waals surface area contributed by atoms with Crippen LogP contribution in [0.4, 0.5) is 0 Å². The molecular weight excluding hydrogens is 244 g/mol. The van der Waals surface area contributed by atoms with Crippen LogP contribution in [0.5, 0.6) is 0 Å². The zero-order chi connectivity index (χ0) is 12.5. The molecule has 0 bridgehead atoms. The lowest BCUT2D eigenvalue weighted by Gasteiger charge is -2.03. The summed E-state index contributed by atoms with van der Waals surface area (Å²) in [6, 6.07) is 0. The van der Waals surface area contributed by atoms with Gasteiger partial charge in [-0.1, -0.05) is 0 Å². The number of carbonyl (C=O) groups excluding carboxylic acids is 1. The number of aliphatic carboxylic acids is 1. The molecular formula is C9H14N4O3S. The third kappa shape index (κ3) is 6.56. The number of aromatic amines is 1. The number of hydrogen-bond donors (Lipinski definition) is 3. The van der Waals surface area contributed by atoms with Gasteiger partial charge >= 0.3 is 5.97 Å². The number of carboxylic acid groups (broad SMARTS) is 1. The number of aryl methyl sites for hydroxylation is 1. The van der Waals surface area contributed by atoms with Gasteiger partial charge in [0, 0.05) is 13.0 Å². The van der Waals surface area contributed by atoms with Crippen LogP contribution in [0.3, 0.4) is 0 Å². The number of rotatable bonds is 8. The number of hydrogen-bond acceptors (Lipinski definition) is 5. The largest absolute Gasteiger partial charge is 0.481 e. The van der Waals surface area contributed by atoms with Crippen molar-refractivity contribution < 1.29 is 14.7 Å². The zero-order valence-electron chi connectivity index (χ0n) is 9.18. The average Bonchev–Trinajstić information content (AvgIpc) is 2.76. The summed E-state index contributed by atoms with van der Waals surface area (Å²) in [5.41, 5.74) is 0. The fourth-order valence-corrected chi connectivity index (χ4v) is 1.68. The van der Waals surface area contributed by atoms with Gasteiger partial charge < -0.3 is 10.4 Å². The number of aromatic nitrogens is 3. The molecule has 0 saturated heterocycles. The van der Waals surface area contributed by atoms with Crippen molar-refractivity contribution in [2.75, 3.05) is 18.1 Å². The van der Waals surface area contributed by atoms with Gasteiger partial charge in [0.2, 0.25) is 5.91 Å². The molecule has 0 aromatic carbocycles. The van der Waals surface area contributed by atoms with Crippen molar-refractivity contribution >= 4 is 23.6 Å². The van der Waals surface area contributed by atoms with Crippen LogP contribution in [0.2, 0.25) is 0 Å². The molecule has 0 saturated carbocycles. The normalized spacial score (nSPS) is 10.1. The molecule has 0 spiro atoms. The Labute approximate surface area is 102 Å². The Bertz CT molecular complexity index is 355. The molecule has 0 radical (unpaired) electrons. The first kappa shape index (κ1) is 13.5. The van der Waals surface area contributed by atoms with Gasteiger partial charge in [0.25, 0.3) is 0 Å². The average molecular weight is 258 g/mol. The second-order valence-electron chi connectivity index (χ2n) is 3.27. The number of thioether (sulfide) groups is 1. The van der Waals surface area contributed by atoms with E-state index in [-0.39, 0.29) is 17.4 Å². The molecule has 0 atom stereocenters. The van der Waals surface area contributed by atoms with Crippen LogP contribution in [0.1, 0.15) is 12.2 Å². The van der Waals surface area contributed by atoms with Crippen LogP contribution in [0, 0.1) is 0 Å². The highest BCUT2D eigenvalue weighted by atomic mass is 32.2. The number of H-pyrrole nitrogens is 1. The first-order valence-electron chi connectivity index (χ1n) is 5.09. The maximum atomic E-state index is 11.2. The Kier molecular flexibility index (Phi) is 6.08. The molecule has 1 rings (SSSR count). The quantitative estimate of drug-likeness (QED) is 0.551. The predicted molar refractivity (Wildman–Crippen MR) is 62.7 cm³/mol. The predicted octanol–water partition coefficient (Wildman–Crippen LogP) is -0.329. The van der Waals surface area contributed by atoms with Gasteiger partial charge in [0.15, 0.2) is 0 Å². The first-order valence-corrected chi connectivity index (χ1v) is 6.24. The fraction of sp³-hybridized carbons (Fsp3) is 0.556. The SMILES string of the molecule is O=C(O)CSCC(=O)NCCCc1ncn[nH]1. The third-order valence-electron chi connectivity index (χ3n) is 1.84.